The van der Waals surface area contributed by atoms with E-state index in [1.165, 1.54) is 14.0 Å². The minimum Gasteiger partial charge on any atom is -0.469 e. The molecule has 192 valence electrons. The molecule has 0 saturated heterocycles. The Morgan fingerprint density at radius 2 is 0.919 bits per heavy atom. The Morgan fingerprint density at radius 3 is 1.22 bits per heavy atom. The number of carbonyl (C=O) groups is 4. The number of ketones is 1. The summed E-state index contributed by atoms with van der Waals surface area (Å²) in [6.45, 7) is -2.04. The number of esters is 3. The van der Waals surface area contributed by atoms with Gasteiger partial charge in [0.2, 0.25) is 0 Å². The molecule has 2 atom stereocenters. The molecule has 0 saturated carbocycles. The lowest BCUT2D eigenvalue weighted by molar-refractivity contribution is -0.158. The third-order valence-electron chi connectivity index (χ3n) is 6.16. The van der Waals surface area contributed by atoms with E-state index in [4.69, 9.17) is 14.2 Å². The molecule has 0 bridgehead atoms. The van der Waals surface area contributed by atoms with Crippen LogP contribution in [-0.2, 0) is 33.4 Å². The molecule has 3 rings (SSSR count). The van der Waals surface area contributed by atoms with Crippen molar-refractivity contribution in [1.82, 2.24) is 0 Å². The summed E-state index contributed by atoms with van der Waals surface area (Å²) in [5.74, 6) is -6.56. The maximum Gasteiger partial charge on any atom is 0.335 e. The Morgan fingerprint density at radius 1 is 0.568 bits per heavy atom. The second-order valence-corrected chi connectivity index (χ2v) is 11.5. The Balaban J connectivity index is 2.75. The van der Waals surface area contributed by atoms with E-state index < -0.39 is 42.4 Å². The molecule has 0 N–H and O–H groups in total. The summed E-state index contributed by atoms with van der Waals surface area (Å²) in [4.78, 5) is 53.2. The highest BCUT2D eigenvalue weighted by Gasteiger charge is 2.49. The fourth-order valence-electron chi connectivity index (χ4n) is 4.59. The van der Waals surface area contributed by atoms with Crippen LogP contribution < -0.4 is 15.9 Å². The van der Waals surface area contributed by atoms with Crippen LogP contribution in [0.15, 0.2) is 91.0 Å². The summed E-state index contributed by atoms with van der Waals surface area (Å²) in [5, 5.41) is 2.16. The van der Waals surface area contributed by atoms with Gasteiger partial charge in [-0.15, -0.1) is 0 Å². The van der Waals surface area contributed by atoms with E-state index in [-0.39, 0.29) is 5.29 Å². The summed E-state index contributed by atoms with van der Waals surface area (Å²) >= 11 is 0. The number of Topliss-reactive ketones (excluding diaryl/α,β-unsaturated/α-hetero) is 1. The Bertz CT molecular complexity index is 1210. The smallest absolute Gasteiger partial charge is 0.335 e. The van der Waals surface area contributed by atoms with E-state index in [2.05, 4.69) is 0 Å². The molecule has 0 aliphatic rings. The van der Waals surface area contributed by atoms with Gasteiger partial charge in [-0.1, -0.05) is 91.0 Å². The quantitative estimate of drug-likeness (QED) is 0.185. The lowest BCUT2D eigenvalue weighted by atomic mass is 9.86. The average molecular weight is 521 g/mol. The van der Waals surface area contributed by atoms with Gasteiger partial charge in [0.1, 0.15) is 17.6 Å². The molecule has 0 radical (unpaired) electrons. The standard InChI is InChI=1S/C29H29O7P/c1-20(30)24(27(31)34-2)25(28(32)35-3)26(29(33)36-4)37(21-14-8-5-9-15-21,22-16-10-6-11-17-22)23-18-12-7-13-19-23/h5-19,24-25H,1-4H3. The number of methoxy groups -OCH3 is 3. The van der Waals surface area contributed by atoms with Crippen LogP contribution in [0.1, 0.15) is 6.92 Å². The summed E-state index contributed by atoms with van der Waals surface area (Å²) in [7, 11) is 3.47. The molecule has 0 aromatic heterocycles. The van der Waals surface area contributed by atoms with Gasteiger partial charge in [0.05, 0.1) is 26.6 Å². The third-order valence-corrected chi connectivity index (χ3v) is 10.6. The number of carbonyl (C=O) groups excluding carboxylic acids is 4. The minimum absolute atomic E-state index is 0.0314. The molecular formula is C29H29O7P. The van der Waals surface area contributed by atoms with Crippen molar-refractivity contribution in [2.45, 2.75) is 6.92 Å². The number of ether oxygens (including phenoxy) is 3. The summed E-state index contributed by atoms with van der Waals surface area (Å²) in [6, 6.07) is 27.7. The molecule has 0 aliphatic heterocycles. The van der Waals surface area contributed by atoms with Gasteiger partial charge in [-0.3, -0.25) is 14.4 Å². The first-order chi connectivity index (χ1) is 17.8. The Kier molecular flexibility index (Phi) is 9.20. The second-order valence-electron chi connectivity index (χ2n) is 8.17. The van der Waals surface area contributed by atoms with Gasteiger partial charge in [0.15, 0.2) is 0 Å². The zero-order valence-corrected chi connectivity index (χ0v) is 22.0. The van der Waals surface area contributed by atoms with Crippen molar-refractivity contribution in [1.29, 1.82) is 0 Å². The monoisotopic (exact) mass is 520 g/mol. The van der Waals surface area contributed by atoms with Gasteiger partial charge in [0.25, 0.3) is 0 Å². The summed E-state index contributed by atoms with van der Waals surface area (Å²) in [5.41, 5.74) is 0. The number of rotatable bonds is 9. The summed E-state index contributed by atoms with van der Waals surface area (Å²) < 4.78 is 15.3. The first-order valence-corrected chi connectivity index (χ1v) is 13.3. The minimum atomic E-state index is -3.22. The normalized spacial score (nSPS) is 12.5. The van der Waals surface area contributed by atoms with Crippen LogP contribution >= 0.6 is 6.89 Å². The van der Waals surface area contributed by atoms with Gasteiger partial charge in [-0.2, -0.15) is 0 Å². The molecule has 3 aromatic carbocycles. The third kappa shape index (κ3) is 5.27. The van der Waals surface area contributed by atoms with E-state index in [9.17, 15) is 19.2 Å². The largest absolute Gasteiger partial charge is 0.469 e. The molecule has 37 heavy (non-hydrogen) atoms. The fraction of sp³-hybridized carbons (Fsp3) is 0.207. The maximum atomic E-state index is 13.9. The number of hydrogen-bond donors (Lipinski definition) is 0. The van der Waals surface area contributed by atoms with Gasteiger partial charge < -0.3 is 14.2 Å². The number of benzene rings is 3. The molecule has 0 aliphatic carbocycles. The molecule has 0 amide bonds. The maximum absolute atomic E-state index is 13.9. The van der Waals surface area contributed by atoms with Gasteiger partial charge in [-0.25, -0.2) is 4.79 Å². The molecule has 2 unspecified atom stereocenters. The van der Waals surface area contributed by atoms with E-state index >= 15 is 0 Å². The van der Waals surface area contributed by atoms with Crippen LogP contribution in [0.4, 0.5) is 0 Å². The molecule has 0 fully saturated rings. The van der Waals surface area contributed by atoms with Crippen molar-refractivity contribution < 1.29 is 33.4 Å². The number of hydrogen-bond acceptors (Lipinski definition) is 7. The zero-order chi connectivity index (χ0) is 27.0. The lowest BCUT2D eigenvalue weighted by Crippen LogP contribution is -2.47. The van der Waals surface area contributed by atoms with Crippen LogP contribution in [-0.4, -0.2) is 50.3 Å². The summed E-state index contributed by atoms with van der Waals surface area (Å²) in [6.07, 6.45) is 0. The van der Waals surface area contributed by atoms with Crippen LogP contribution in [0, 0.1) is 11.8 Å². The highest BCUT2D eigenvalue weighted by atomic mass is 31.2. The average Bonchev–Trinajstić information content (AvgIpc) is 2.95. The van der Waals surface area contributed by atoms with Crippen LogP contribution in [0.3, 0.4) is 0 Å². The Labute approximate surface area is 216 Å². The van der Waals surface area contributed by atoms with Crippen LogP contribution in [0.2, 0.25) is 0 Å². The van der Waals surface area contributed by atoms with E-state index in [0.29, 0.717) is 0 Å². The van der Waals surface area contributed by atoms with Crippen molar-refractivity contribution in [3.63, 3.8) is 0 Å². The lowest BCUT2D eigenvalue weighted by Gasteiger charge is -2.35. The molecule has 8 heteroatoms. The first-order valence-electron chi connectivity index (χ1n) is 11.5. The van der Waals surface area contributed by atoms with E-state index in [1.54, 1.807) is 0 Å². The highest BCUT2D eigenvalue weighted by molar-refractivity contribution is 7.96. The Hall–Kier alpha value is -3.96. The van der Waals surface area contributed by atoms with E-state index in [1.807, 2.05) is 91.0 Å². The van der Waals surface area contributed by atoms with Crippen molar-refractivity contribution in [3.8, 4) is 0 Å². The fourth-order valence-corrected chi connectivity index (χ4v) is 9.22. The van der Waals surface area contributed by atoms with Gasteiger partial charge in [0, 0.05) is 0 Å². The SMILES string of the molecule is COC(=O)C(C(C(=O)OC)C(C(C)=O)C(=O)OC)=P(c1ccccc1)(c1ccccc1)c1ccccc1. The molecule has 0 heterocycles. The topological polar surface area (TPSA) is 96.0 Å². The molecule has 7 nitrogen and oxygen atoms in total. The van der Waals surface area contributed by atoms with Crippen molar-refractivity contribution >= 4 is 51.8 Å². The zero-order valence-electron chi connectivity index (χ0n) is 21.1. The molecular weight excluding hydrogens is 491 g/mol. The van der Waals surface area contributed by atoms with Gasteiger partial charge >= 0.3 is 17.9 Å². The predicted molar refractivity (Wildman–Crippen MR) is 144 cm³/mol. The van der Waals surface area contributed by atoms with Crippen LogP contribution in [0.25, 0.3) is 0 Å². The second kappa shape index (κ2) is 12.3. The molecule has 0 spiro atoms. The van der Waals surface area contributed by atoms with Crippen molar-refractivity contribution in [2.75, 3.05) is 21.3 Å². The first kappa shape index (κ1) is 27.6. The van der Waals surface area contributed by atoms with Crippen molar-refractivity contribution in [3.05, 3.63) is 91.0 Å². The predicted octanol–water partition coefficient (Wildman–Crippen LogP) is 2.49. The highest BCUT2D eigenvalue weighted by Crippen LogP contribution is 2.49. The van der Waals surface area contributed by atoms with E-state index in [0.717, 1.165) is 30.1 Å². The van der Waals surface area contributed by atoms with Crippen molar-refractivity contribution in [2.24, 2.45) is 11.8 Å². The van der Waals surface area contributed by atoms with Crippen LogP contribution in [0.5, 0.6) is 0 Å². The molecule has 3 aromatic rings. The van der Waals surface area contributed by atoms with Gasteiger partial charge in [-0.05, 0) is 29.7 Å².